The normalized spacial score (nSPS) is 20.8. The van der Waals surface area contributed by atoms with Crippen LogP contribution in [0.2, 0.25) is 0 Å². The maximum absolute atomic E-state index is 12.8. The fourth-order valence-electron chi connectivity index (χ4n) is 3.09. The molecule has 2 unspecified atom stereocenters. The SMILES string of the molecule is C=CCOC(=O)C1=C(C)N=C2SC(C)C(=O)N2C1c1ccc(OCC(N)=O)cc1. The zero-order valence-corrected chi connectivity index (χ0v) is 16.9. The van der Waals surface area contributed by atoms with Gasteiger partial charge in [-0.2, -0.15) is 0 Å². The van der Waals surface area contributed by atoms with Gasteiger partial charge in [0.15, 0.2) is 11.8 Å². The summed E-state index contributed by atoms with van der Waals surface area (Å²) in [4.78, 5) is 42.5. The Morgan fingerprint density at radius 2 is 2.03 bits per heavy atom. The van der Waals surface area contributed by atoms with Gasteiger partial charge in [-0.15, -0.1) is 0 Å². The van der Waals surface area contributed by atoms with E-state index < -0.39 is 17.9 Å². The first-order chi connectivity index (χ1) is 13.8. The van der Waals surface area contributed by atoms with Crippen LogP contribution in [0.15, 0.2) is 53.2 Å². The van der Waals surface area contributed by atoms with Crippen molar-refractivity contribution in [3.8, 4) is 5.75 Å². The molecule has 1 aromatic carbocycles. The third kappa shape index (κ3) is 4.19. The fraction of sp³-hybridized carbons (Fsp3) is 0.300. The van der Waals surface area contributed by atoms with E-state index in [1.54, 1.807) is 38.1 Å². The number of hydrogen-bond donors (Lipinski definition) is 1. The molecule has 1 aromatic rings. The summed E-state index contributed by atoms with van der Waals surface area (Å²) >= 11 is 1.35. The number of amidine groups is 1. The van der Waals surface area contributed by atoms with Gasteiger partial charge in [-0.1, -0.05) is 36.5 Å². The zero-order valence-electron chi connectivity index (χ0n) is 16.1. The molecule has 2 N–H and O–H groups in total. The lowest BCUT2D eigenvalue weighted by molar-refractivity contribution is -0.139. The number of amides is 2. The number of esters is 1. The second-order valence-electron chi connectivity index (χ2n) is 6.48. The quantitative estimate of drug-likeness (QED) is 0.538. The third-order valence-corrected chi connectivity index (χ3v) is 5.44. The summed E-state index contributed by atoms with van der Waals surface area (Å²) in [7, 11) is 0. The summed E-state index contributed by atoms with van der Waals surface area (Å²) in [5.41, 5.74) is 6.58. The van der Waals surface area contributed by atoms with E-state index in [2.05, 4.69) is 11.6 Å². The van der Waals surface area contributed by atoms with Crippen molar-refractivity contribution < 1.29 is 23.9 Å². The lowest BCUT2D eigenvalue weighted by atomic mass is 9.94. The maximum atomic E-state index is 12.8. The smallest absolute Gasteiger partial charge is 0.338 e. The number of thioether (sulfide) groups is 1. The molecule has 8 nitrogen and oxygen atoms in total. The van der Waals surface area contributed by atoms with Crippen LogP contribution in [0, 0.1) is 0 Å². The van der Waals surface area contributed by atoms with Gasteiger partial charge in [0, 0.05) is 0 Å². The number of fused-ring (bicyclic) bond motifs is 1. The predicted molar refractivity (Wildman–Crippen MR) is 109 cm³/mol. The fourth-order valence-corrected chi connectivity index (χ4v) is 4.12. The van der Waals surface area contributed by atoms with Crippen molar-refractivity contribution in [3.63, 3.8) is 0 Å². The molecule has 1 fully saturated rings. The Labute approximate surface area is 172 Å². The Bertz CT molecular complexity index is 923. The van der Waals surface area contributed by atoms with Gasteiger partial charge in [0.05, 0.1) is 22.6 Å². The Balaban J connectivity index is 2.00. The Kier molecular flexibility index (Phi) is 6.07. The van der Waals surface area contributed by atoms with E-state index in [0.717, 1.165) is 0 Å². The minimum Gasteiger partial charge on any atom is -0.484 e. The van der Waals surface area contributed by atoms with Crippen molar-refractivity contribution in [2.75, 3.05) is 13.2 Å². The number of allylic oxidation sites excluding steroid dienone is 1. The summed E-state index contributed by atoms with van der Waals surface area (Å²) in [5.74, 6) is -0.818. The first-order valence-electron chi connectivity index (χ1n) is 8.91. The first-order valence-corrected chi connectivity index (χ1v) is 9.79. The number of carbonyl (C=O) groups excluding carboxylic acids is 3. The van der Waals surface area contributed by atoms with Crippen molar-refractivity contribution in [2.24, 2.45) is 10.7 Å². The molecule has 0 spiro atoms. The summed E-state index contributed by atoms with van der Waals surface area (Å²) in [6, 6.07) is 6.11. The van der Waals surface area contributed by atoms with Crippen LogP contribution in [-0.4, -0.2) is 46.3 Å². The molecule has 0 radical (unpaired) electrons. The van der Waals surface area contributed by atoms with Crippen LogP contribution in [0.1, 0.15) is 25.5 Å². The number of benzene rings is 1. The predicted octanol–water partition coefficient (Wildman–Crippen LogP) is 1.93. The van der Waals surface area contributed by atoms with Crippen LogP contribution in [0.25, 0.3) is 0 Å². The third-order valence-electron chi connectivity index (χ3n) is 4.39. The van der Waals surface area contributed by atoms with E-state index in [4.69, 9.17) is 15.2 Å². The second kappa shape index (κ2) is 8.52. The second-order valence-corrected chi connectivity index (χ2v) is 7.78. The van der Waals surface area contributed by atoms with E-state index in [1.807, 2.05) is 0 Å². The molecule has 2 amide bonds. The maximum Gasteiger partial charge on any atom is 0.338 e. The summed E-state index contributed by atoms with van der Waals surface area (Å²) in [5, 5.41) is 0.255. The standard InChI is InChI=1S/C20H21N3O5S/c1-4-9-27-19(26)16-11(2)22-20-23(18(25)12(3)29-20)17(16)13-5-7-14(8-6-13)28-10-15(21)24/h4-8,12,17H,1,9-10H2,2-3H3,(H2,21,24). The monoisotopic (exact) mass is 415 g/mol. The van der Waals surface area contributed by atoms with E-state index in [0.29, 0.717) is 27.8 Å². The van der Waals surface area contributed by atoms with Gasteiger partial charge in [-0.25, -0.2) is 9.79 Å². The zero-order chi connectivity index (χ0) is 21.1. The number of nitrogens with two attached hydrogens (primary N) is 1. The Morgan fingerprint density at radius 3 is 2.66 bits per heavy atom. The highest BCUT2D eigenvalue weighted by molar-refractivity contribution is 8.15. The van der Waals surface area contributed by atoms with E-state index in [1.165, 1.54) is 22.7 Å². The first kappa shape index (κ1) is 20.7. The highest BCUT2D eigenvalue weighted by Gasteiger charge is 2.46. The van der Waals surface area contributed by atoms with E-state index in [-0.39, 0.29) is 24.4 Å². The van der Waals surface area contributed by atoms with Gasteiger partial charge in [0.2, 0.25) is 5.91 Å². The molecule has 2 atom stereocenters. The molecule has 2 aliphatic rings. The van der Waals surface area contributed by atoms with Gasteiger partial charge in [-0.3, -0.25) is 14.5 Å². The number of aliphatic imine (C=N–C) groups is 1. The van der Waals surface area contributed by atoms with Crippen LogP contribution in [0.3, 0.4) is 0 Å². The number of nitrogens with zero attached hydrogens (tertiary/aromatic N) is 2. The average Bonchev–Trinajstić information content (AvgIpc) is 2.97. The molecule has 0 aromatic heterocycles. The Morgan fingerprint density at radius 1 is 1.34 bits per heavy atom. The molecule has 152 valence electrons. The molecule has 29 heavy (non-hydrogen) atoms. The van der Waals surface area contributed by atoms with Crippen molar-refractivity contribution in [3.05, 3.63) is 53.8 Å². The van der Waals surface area contributed by atoms with Gasteiger partial charge in [-0.05, 0) is 31.5 Å². The van der Waals surface area contributed by atoms with Crippen molar-refractivity contribution in [1.82, 2.24) is 4.90 Å². The lowest BCUT2D eigenvalue weighted by Gasteiger charge is -2.33. The summed E-state index contributed by atoms with van der Waals surface area (Å²) < 4.78 is 10.5. The van der Waals surface area contributed by atoms with Gasteiger partial charge < -0.3 is 15.2 Å². The number of carbonyl (C=O) groups is 3. The number of primary amides is 1. The topological polar surface area (TPSA) is 111 Å². The minimum absolute atomic E-state index is 0.0535. The Hall–Kier alpha value is -3.07. The molecule has 0 saturated carbocycles. The molecule has 0 aliphatic carbocycles. The summed E-state index contributed by atoms with van der Waals surface area (Å²) in [6.07, 6.45) is 1.48. The van der Waals surface area contributed by atoms with E-state index >= 15 is 0 Å². The van der Waals surface area contributed by atoms with Crippen LogP contribution >= 0.6 is 11.8 Å². The number of rotatable bonds is 7. The molecule has 1 saturated heterocycles. The molecule has 2 aliphatic heterocycles. The van der Waals surface area contributed by atoms with Crippen LogP contribution < -0.4 is 10.5 Å². The molecule has 0 bridgehead atoms. The molecule has 2 heterocycles. The van der Waals surface area contributed by atoms with Crippen molar-refractivity contribution in [2.45, 2.75) is 25.1 Å². The van der Waals surface area contributed by atoms with Crippen molar-refractivity contribution in [1.29, 1.82) is 0 Å². The van der Waals surface area contributed by atoms with E-state index in [9.17, 15) is 14.4 Å². The minimum atomic E-state index is -0.671. The van der Waals surface area contributed by atoms with Gasteiger partial charge in [0.1, 0.15) is 12.4 Å². The van der Waals surface area contributed by atoms with Gasteiger partial charge >= 0.3 is 5.97 Å². The average molecular weight is 415 g/mol. The molecule has 3 rings (SSSR count). The van der Waals surface area contributed by atoms with Crippen molar-refractivity contribution >= 4 is 34.7 Å². The molecular weight excluding hydrogens is 394 g/mol. The molecule has 9 heteroatoms. The number of hydrogen-bond acceptors (Lipinski definition) is 7. The largest absolute Gasteiger partial charge is 0.484 e. The molecular formula is C20H21N3O5S. The highest BCUT2D eigenvalue weighted by Crippen LogP contribution is 2.43. The number of ether oxygens (including phenoxy) is 2. The lowest BCUT2D eigenvalue weighted by Crippen LogP contribution is -2.40. The van der Waals surface area contributed by atoms with Crippen LogP contribution in [0.5, 0.6) is 5.75 Å². The summed E-state index contributed by atoms with van der Waals surface area (Å²) in [6.45, 7) is 6.89. The van der Waals surface area contributed by atoms with Crippen LogP contribution in [-0.2, 0) is 19.1 Å². The highest BCUT2D eigenvalue weighted by atomic mass is 32.2. The van der Waals surface area contributed by atoms with Crippen LogP contribution in [0.4, 0.5) is 0 Å². The van der Waals surface area contributed by atoms with Gasteiger partial charge in [0.25, 0.3) is 5.91 Å².